The summed E-state index contributed by atoms with van der Waals surface area (Å²) in [5.74, 6) is 1.08. The van der Waals surface area contributed by atoms with E-state index < -0.39 is 0 Å². The molecule has 1 aromatic carbocycles. The molecule has 8 heteroatoms. The molecule has 0 fully saturated rings. The van der Waals surface area contributed by atoms with E-state index >= 15 is 0 Å². The summed E-state index contributed by atoms with van der Waals surface area (Å²) in [6.45, 7) is 5.94. The molecule has 126 valence electrons. The highest BCUT2D eigenvalue weighted by Crippen LogP contribution is 2.32. The highest BCUT2D eigenvalue weighted by molar-refractivity contribution is 7.22. The summed E-state index contributed by atoms with van der Waals surface area (Å²) >= 11 is 1.56. The quantitative estimate of drug-likeness (QED) is 0.586. The third kappa shape index (κ3) is 2.70. The van der Waals surface area contributed by atoms with Crippen molar-refractivity contribution >= 4 is 38.2 Å². The molecule has 0 radical (unpaired) electrons. The minimum absolute atomic E-state index is 0.435. The van der Waals surface area contributed by atoms with E-state index in [0.29, 0.717) is 17.3 Å². The Morgan fingerprint density at radius 2 is 2.00 bits per heavy atom. The van der Waals surface area contributed by atoms with E-state index in [1.807, 2.05) is 39.0 Å². The minimum Gasteiger partial charge on any atom is -0.393 e. The van der Waals surface area contributed by atoms with Crippen LogP contribution in [0.1, 0.15) is 17.0 Å². The fourth-order valence-electron chi connectivity index (χ4n) is 2.74. The first-order valence-electron chi connectivity index (χ1n) is 7.80. The van der Waals surface area contributed by atoms with Gasteiger partial charge in [0.2, 0.25) is 0 Å². The van der Waals surface area contributed by atoms with Gasteiger partial charge in [0.1, 0.15) is 12.0 Å². The molecule has 4 aromatic rings. The Morgan fingerprint density at radius 1 is 1.16 bits per heavy atom. The Hall–Kier alpha value is -3.00. The molecule has 0 aliphatic carbocycles. The normalized spacial score (nSPS) is 11.2. The maximum absolute atomic E-state index is 6.29. The van der Waals surface area contributed by atoms with Crippen LogP contribution in [0.15, 0.2) is 30.6 Å². The second kappa shape index (κ2) is 5.82. The number of nitrogens with one attached hydrogen (secondary N) is 1. The minimum atomic E-state index is 0.435. The maximum atomic E-state index is 6.29. The van der Waals surface area contributed by atoms with Gasteiger partial charge in [0.05, 0.1) is 15.9 Å². The molecule has 0 aliphatic heterocycles. The van der Waals surface area contributed by atoms with Gasteiger partial charge in [-0.1, -0.05) is 23.5 Å². The van der Waals surface area contributed by atoms with E-state index in [2.05, 4.69) is 31.4 Å². The predicted octanol–water partition coefficient (Wildman–Crippen LogP) is 3.52. The van der Waals surface area contributed by atoms with Crippen LogP contribution >= 0.6 is 11.3 Å². The Morgan fingerprint density at radius 3 is 2.72 bits per heavy atom. The highest BCUT2D eigenvalue weighted by Gasteiger charge is 2.15. The number of aromatic nitrogens is 5. The molecule has 3 N–H and O–H groups in total. The molecular weight excluding hydrogens is 334 g/mol. The van der Waals surface area contributed by atoms with Crippen molar-refractivity contribution in [2.24, 2.45) is 0 Å². The van der Waals surface area contributed by atoms with Crippen molar-refractivity contribution in [3.63, 3.8) is 0 Å². The number of benzene rings is 1. The van der Waals surface area contributed by atoms with Gasteiger partial charge in [-0.3, -0.25) is 0 Å². The number of para-hydroxylation sites is 1. The molecule has 0 spiro atoms. The van der Waals surface area contributed by atoms with Gasteiger partial charge in [0.25, 0.3) is 0 Å². The molecule has 0 atom stereocenters. The van der Waals surface area contributed by atoms with E-state index in [-0.39, 0.29) is 0 Å². The zero-order valence-corrected chi connectivity index (χ0v) is 14.9. The number of thiazole rings is 1. The van der Waals surface area contributed by atoms with E-state index in [0.717, 1.165) is 32.3 Å². The van der Waals surface area contributed by atoms with Crippen LogP contribution in [-0.4, -0.2) is 24.7 Å². The topological polar surface area (TPSA) is 94.5 Å². The van der Waals surface area contributed by atoms with Crippen LogP contribution in [0.2, 0.25) is 0 Å². The molecule has 0 aliphatic rings. The number of nitrogens with zero attached hydrogens (tertiary/aromatic N) is 5. The van der Waals surface area contributed by atoms with Crippen LogP contribution in [-0.2, 0) is 0 Å². The summed E-state index contributed by atoms with van der Waals surface area (Å²) in [4.78, 5) is 13.2. The zero-order chi connectivity index (χ0) is 17.6. The van der Waals surface area contributed by atoms with Crippen molar-refractivity contribution in [3.05, 3.63) is 47.5 Å². The molecule has 0 amide bonds. The number of hydrogen-bond donors (Lipinski definition) is 2. The lowest BCUT2D eigenvalue weighted by atomic mass is 10.2. The maximum Gasteiger partial charge on any atom is 0.189 e. The van der Waals surface area contributed by atoms with Crippen LogP contribution in [0.4, 0.5) is 16.6 Å². The van der Waals surface area contributed by atoms with Crippen molar-refractivity contribution in [2.45, 2.75) is 20.8 Å². The van der Waals surface area contributed by atoms with Crippen molar-refractivity contribution in [1.82, 2.24) is 24.7 Å². The average molecular weight is 351 g/mol. The Balaban J connectivity index is 1.74. The first-order chi connectivity index (χ1) is 12.0. The molecule has 7 nitrogen and oxygen atoms in total. The second-order valence-corrected chi connectivity index (χ2v) is 6.89. The Labute approximate surface area is 148 Å². The van der Waals surface area contributed by atoms with Crippen molar-refractivity contribution in [2.75, 3.05) is 11.1 Å². The molecular formula is C17H17N7S. The third-order valence-electron chi connectivity index (χ3n) is 3.92. The van der Waals surface area contributed by atoms with Gasteiger partial charge in [-0.15, -0.1) is 0 Å². The average Bonchev–Trinajstić information content (AvgIpc) is 3.13. The van der Waals surface area contributed by atoms with Crippen LogP contribution in [0, 0.1) is 20.8 Å². The van der Waals surface area contributed by atoms with Crippen LogP contribution < -0.4 is 11.1 Å². The van der Waals surface area contributed by atoms with Gasteiger partial charge >= 0.3 is 0 Å². The molecule has 3 aromatic heterocycles. The fraction of sp³-hybridized carbons (Fsp3) is 0.176. The van der Waals surface area contributed by atoms with Crippen LogP contribution in [0.5, 0.6) is 0 Å². The Bertz CT molecular complexity index is 1080. The van der Waals surface area contributed by atoms with Gasteiger partial charge in [-0.25, -0.2) is 19.6 Å². The summed E-state index contributed by atoms with van der Waals surface area (Å²) < 4.78 is 2.84. The molecule has 3 heterocycles. The lowest BCUT2D eigenvalue weighted by Crippen LogP contribution is -2.09. The number of aryl methyl sites for hydroxylation is 3. The molecule has 0 unspecified atom stereocenters. The number of fused-ring (bicyclic) bond motifs is 1. The SMILES string of the molecule is Cc1cc(C)n(-c2ncnc(Nc3nc4c(C)cccc4s3)c2N)n1. The van der Waals surface area contributed by atoms with Gasteiger partial charge < -0.3 is 11.1 Å². The number of nitrogen functional groups attached to an aromatic ring is 1. The summed E-state index contributed by atoms with van der Waals surface area (Å²) in [5, 5.41) is 8.40. The lowest BCUT2D eigenvalue weighted by Gasteiger charge is -2.10. The summed E-state index contributed by atoms with van der Waals surface area (Å²) in [7, 11) is 0. The molecule has 25 heavy (non-hydrogen) atoms. The third-order valence-corrected chi connectivity index (χ3v) is 4.86. The Kier molecular flexibility index (Phi) is 3.61. The van der Waals surface area contributed by atoms with E-state index in [4.69, 9.17) is 5.73 Å². The van der Waals surface area contributed by atoms with Crippen molar-refractivity contribution < 1.29 is 0 Å². The molecule has 0 bridgehead atoms. The van der Waals surface area contributed by atoms with Gasteiger partial charge in [-0.05, 0) is 38.5 Å². The largest absolute Gasteiger partial charge is 0.393 e. The van der Waals surface area contributed by atoms with Gasteiger partial charge in [0.15, 0.2) is 16.8 Å². The molecule has 4 rings (SSSR count). The van der Waals surface area contributed by atoms with Crippen molar-refractivity contribution in [1.29, 1.82) is 0 Å². The van der Waals surface area contributed by atoms with E-state index in [1.54, 1.807) is 16.0 Å². The van der Waals surface area contributed by atoms with E-state index in [1.165, 1.54) is 6.33 Å². The first-order valence-corrected chi connectivity index (χ1v) is 8.62. The summed E-state index contributed by atoms with van der Waals surface area (Å²) in [6, 6.07) is 8.10. The number of nitrogens with two attached hydrogens (primary N) is 1. The first kappa shape index (κ1) is 15.5. The zero-order valence-electron chi connectivity index (χ0n) is 14.1. The number of rotatable bonds is 3. The fourth-order valence-corrected chi connectivity index (χ4v) is 3.68. The summed E-state index contributed by atoms with van der Waals surface area (Å²) in [5.41, 5.74) is 10.7. The predicted molar refractivity (Wildman–Crippen MR) is 101 cm³/mol. The number of anilines is 3. The standard InChI is InChI=1S/C17H17N7S/c1-9-5-4-6-12-14(9)21-17(25-12)22-15-13(18)16(20-8-19-15)24-11(3)7-10(2)23-24/h4-8H,18H2,1-3H3,(H,19,20,21,22). The van der Waals surface area contributed by atoms with Crippen LogP contribution in [0.25, 0.3) is 16.0 Å². The van der Waals surface area contributed by atoms with Gasteiger partial charge in [0, 0.05) is 5.69 Å². The highest BCUT2D eigenvalue weighted by atomic mass is 32.1. The van der Waals surface area contributed by atoms with Gasteiger partial charge in [-0.2, -0.15) is 5.10 Å². The van der Waals surface area contributed by atoms with Crippen molar-refractivity contribution in [3.8, 4) is 5.82 Å². The number of hydrogen-bond acceptors (Lipinski definition) is 7. The van der Waals surface area contributed by atoms with E-state index in [9.17, 15) is 0 Å². The lowest BCUT2D eigenvalue weighted by molar-refractivity contribution is 0.804. The molecule has 0 saturated carbocycles. The smallest absolute Gasteiger partial charge is 0.189 e. The molecule has 0 saturated heterocycles. The second-order valence-electron chi connectivity index (χ2n) is 5.86. The summed E-state index contributed by atoms with van der Waals surface area (Å²) in [6.07, 6.45) is 1.48. The van der Waals surface area contributed by atoms with Crippen LogP contribution in [0.3, 0.4) is 0 Å². The monoisotopic (exact) mass is 351 g/mol.